The summed E-state index contributed by atoms with van der Waals surface area (Å²) in [6.07, 6.45) is 1.35. The summed E-state index contributed by atoms with van der Waals surface area (Å²) in [6, 6.07) is 15.3. The number of nitrogens with one attached hydrogen (secondary N) is 1. The van der Waals surface area contributed by atoms with Gasteiger partial charge in [-0.25, -0.2) is 9.59 Å². The van der Waals surface area contributed by atoms with Crippen molar-refractivity contribution in [3.05, 3.63) is 59.7 Å². The molecule has 1 atom stereocenters. The molecule has 0 fully saturated rings. The molecule has 0 radical (unpaired) electrons. The monoisotopic (exact) mass is 395 g/mol. The lowest BCUT2D eigenvalue weighted by atomic mass is 9.84. The summed E-state index contributed by atoms with van der Waals surface area (Å²) in [7, 11) is 0. The van der Waals surface area contributed by atoms with Gasteiger partial charge in [0.1, 0.15) is 12.6 Å². The zero-order chi connectivity index (χ0) is 21.0. The highest BCUT2D eigenvalue weighted by atomic mass is 16.5. The number of aliphatic carboxylic acids is 1. The first-order valence-corrected chi connectivity index (χ1v) is 10.2. The second-order valence-electron chi connectivity index (χ2n) is 8.42. The van der Waals surface area contributed by atoms with Crippen molar-refractivity contribution in [3.63, 3.8) is 0 Å². The third-order valence-corrected chi connectivity index (χ3v) is 6.00. The maximum absolute atomic E-state index is 12.3. The van der Waals surface area contributed by atoms with Crippen LogP contribution in [-0.2, 0) is 9.53 Å². The van der Waals surface area contributed by atoms with E-state index in [-0.39, 0.29) is 17.9 Å². The van der Waals surface area contributed by atoms with E-state index in [2.05, 4.69) is 38.2 Å². The second kappa shape index (κ2) is 8.68. The summed E-state index contributed by atoms with van der Waals surface area (Å²) in [5, 5.41) is 12.0. The van der Waals surface area contributed by atoms with E-state index in [1.807, 2.05) is 36.4 Å². The summed E-state index contributed by atoms with van der Waals surface area (Å²) in [4.78, 5) is 23.9. The number of carboxylic acids is 1. The van der Waals surface area contributed by atoms with E-state index in [0.29, 0.717) is 12.8 Å². The van der Waals surface area contributed by atoms with Crippen molar-refractivity contribution in [2.24, 2.45) is 5.41 Å². The summed E-state index contributed by atoms with van der Waals surface area (Å²) in [5.74, 6) is -1.08. The topological polar surface area (TPSA) is 75.6 Å². The number of ether oxygens (including phenoxy) is 1. The molecule has 5 heteroatoms. The quantitative estimate of drug-likeness (QED) is 0.644. The number of fused-ring (bicyclic) bond motifs is 3. The van der Waals surface area contributed by atoms with Gasteiger partial charge < -0.3 is 15.2 Å². The largest absolute Gasteiger partial charge is 0.480 e. The van der Waals surface area contributed by atoms with Crippen LogP contribution in [0.15, 0.2) is 48.5 Å². The molecule has 5 nitrogen and oxygen atoms in total. The number of amides is 1. The number of hydrogen-bond acceptors (Lipinski definition) is 3. The Bertz CT molecular complexity index is 844. The lowest BCUT2D eigenvalue weighted by Crippen LogP contribution is -2.42. The van der Waals surface area contributed by atoms with Crippen LogP contribution in [0.4, 0.5) is 4.79 Å². The molecular weight excluding hydrogens is 366 g/mol. The molecule has 1 aliphatic carbocycles. The van der Waals surface area contributed by atoms with E-state index in [1.165, 1.54) is 0 Å². The van der Waals surface area contributed by atoms with Gasteiger partial charge in [0.15, 0.2) is 0 Å². The molecular formula is C24H29NO4. The van der Waals surface area contributed by atoms with E-state index < -0.39 is 18.1 Å². The van der Waals surface area contributed by atoms with Crippen LogP contribution < -0.4 is 5.32 Å². The number of rotatable bonds is 8. The van der Waals surface area contributed by atoms with Crippen molar-refractivity contribution in [3.8, 4) is 11.1 Å². The second-order valence-corrected chi connectivity index (χ2v) is 8.42. The molecule has 2 N–H and O–H groups in total. The van der Waals surface area contributed by atoms with Crippen LogP contribution in [0, 0.1) is 5.41 Å². The molecule has 1 amide bonds. The minimum Gasteiger partial charge on any atom is -0.480 e. The smallest absolute Gasteiger partial charge is 0.407 e. The highest BCUT2D eigenvalue weighted by Gasteiger charge is 2.30. The van der Waals surface area contributed by atoms with Crippen LogP contribution in [0.25, 0.3) is 11.1 Å². The highest BCUT2D eigenvalue weighted by molar-refractivity contribution is 5.81. The normalized spacial score (nSPS) is 14.0. The summed E-state index contributed by atoms with van der Waals surface area (Å²) in [5.41, 5.74) is 4.60. The van der Waals surface area contributed by atoms with Crippen LogP contribution in [-0.4, -0.2) is 29.8 Å². The third kappa shape index (κ3) is 4.78. The van der Waals surface area contributed by atoms with Gasteiger partial charge in [-0.3, -0.25) is 0 Å². The highest BCUT2D eigenvalue weighted by Crippen LogP contribution is 2.44. The molecule has 2 aromatic rings. The Hall–Kier alpha value is -2.82. The summed E-state index contributed by atoms with van der Waals surface area (Å²) >= 11 is 0. The number of alkyl carbamates (subject to hydrolysis) is 1. The van der Waals surface area contributed by atoms with Crippen LogP contribution in [0.3, 0.4) is 0 Å². The molecule has 1 aliphatic rings. The number of carboxylic acid groups (broad SMARTS) is 1. The van der Waals surface area contributed by atoms with Crippen molar-refractivity contribution < 1.29 is 19.4 Å². The fourth-order valence-electron chi connectivity index (χ4n) is 3.75. The van der Waals surface area contributed by atoms with Crippen LogP contribution in [0.2, 0.25) is 0 Å². The Balaban J connectivity index is 1.63. The van der Waals surface area contributed by atoms with Crippen molar-refractivity contribution in [1.29, 1.82) is 0 Å². The van der Waals surface area contributed by atoms with Crippen LogP contribution >= 0.6 is 0 Å². The van der Waals surface area contributed by atoms with Crippen LogP contribution in [0.5, 0.6) is 0 Å². The van der Waals surface area contributed by atoms with Gasteiger partial charge in [0.25, 0.3) is 0 Å². The summed E-state index contributed by atoms with van der Waals surface area (Å²) < 4.78 is 5.47. The lowest BCUT2D eigenvalue weighted by molar-refractivity contribution is -0.139. The molecule has 0 bridgehead atoms. The lowest BCUT2D eigenvalue weighted by Gasteiger charge is -2.24. The Morgan fingerprint density at radius 1 is 1.07 bits per heavy atom. The van der Waals surface area contributed by atoms with E-state index in [0.717, 1.165) is 28.7 Å². The van der Waals surface area contributed by atoms with E-state index in [1.54, 1.807) is 0 Å². The molecule has 0 unspecified atom stereocenters. The molecule has 0 aromatic heterocycles. The first-order chi connectivity index (χ1) is 13.8. The van der Waals surface area contributed by atoms with Gasteiger partial charge in [0.05, 0.1) is 0 Å². The molecule has 0 saturated carbocycles. The Morgan fingerprint density at radius 2 is 1.62 bits per heavy atom. The Labute approximate surface area is 172 Å². The van der Waals surface area contributed by atoms with Crippen molar-refractivity contribution in [2.75, 3.05) is 6.61 Å². The SMILES string of the molecule is CCC(C)(C)CC[C@H](NC(=O)OCC1c2ccccc2-c2ccccc21)C(=O)O. The zero-order valence-corrected chi connectivity index (χ0v) is 17.3. The maximum atomic E-state index is 12.3. The average Bonchev–Trinajstić information content (AvgIpc) is 3.03. The van der Waals surface area contributed by atoms with Crippen molar-refractivity contribution in [2.45, 2.75) is 52.0 Å². The van der Waals surface area contributed by atoms with E-state index in [9.17, 15) is 14.7 Å². The number of benzene rings is 2. The Kier molecular flexibility index (Phi) is 6.26. The standard InChI is InChI=1S/C24H29NO4/c1-4-24(2,3)14-13-21(22(26)27)25-23(28)29-15-20-18-11-7-5-9-16(18)17-10-6-8-12-19(17)20/h5-12,20-21H,4,13-15H2,1-3H3,(H,25,28)(H,26,27)/t21-/m0/s1. The minimum atomic E-state index is -1.04. The Morgan fingerprint density at radius 3 is 2.14 bits per heavy atom. The van der Waals surface area contributed by atoms with E-state index in [4.69, 9.17) is 4.74 Å². The van der Waals surface area contributed by atoms with E-state index >= 15 is 0 Å². The van der Waals surface area contributed by atoms with Gasteiger partial charge >= 0.3 is 12.1 Å². The molecule has 0 saturated heterocycles. The molecule has 2 aromatic carbocycles. The summed E-state index contributed by atoms with van der Waals surface area (Å²) in [6.45, 7) is 6.44. The zero-order valence-electron chi connectivity index (χ0n) is 17.3. The maximum Gasteiger partial charge on any atom is 0.407 e. The predicted molar refractivity (Wildman–Crippen MR) is 113 cm³/mol. The molecule has 3 rings (SSSR count). The molecule has 154 valence electrons. The van der Waals surface area contributed by atoms with Gasteiger partial charge in [0, 0.05) is 5.92 Å². The molecule has 0 spiro atoms. The molecule has 0 aliphatic heterocycles. The number of hydrogen-bond donors (Lipinski definition) is 2. The van der Waals surface area contributed by atoms with Crippen molar-refractivity contribution >= 4 is 12.1 Å². The van der Waals surface area contributed by atoms with Gasteiger partial charge in [-0.05, 0) is 40.5 Å². The average molecular weight is 395 g/mol. The molecule has 0 heterocycles. The number of carbonyl (C=O) groups excluding carboxylic acids is 1. The van der Waals surface area contributed by atoms with Gasteiger partial charge in [-0.15, -0.1) is 0 Å². The first kappa shape index (κ1) is 20.9. The first-order valence-electron chi connectivity index (χ1n) is 10.2. The van der Waals surface area contributed by atoms with Gasteiger partial charge in [-0.2, -0.15) is 0 Å². The third-order valence-electron chi connectivity index (χ3n) is 6.00. The fourth-order valence-corrected chi connectivity index (χ4v) is 3.75. The number of carbonyl (C=O) groups is 2. The predicted octanol–water partition coefficient (Wildman–Crippen LogP) is 5.19. The van der Waals surface area contributed by atoms with Gasteiger partial charge in [0.2, 0.25) is 0 Å². The van der Waals surface area contributed by atoms with Gasteiger partial charge in [-0.1, -0.05) is 75.7 Å². The molecule has 29 heavy (non-hydrogen) atoms. The van der Waals surface area contributed by atoms with Crippen LogP contribution in [0.1, 0.15) is 57.1 Å². The van der Waals surface area contributed by atoms with Crippen molar-refractivity contribution in [1.82, 2.24) is 5.32 Å². The fraction of sp³-hybridized carbons (Fsp3) is 0.417. The minimum absolute atomic E-state index is 0.0382.